The third-order valence-electron chi connectivity index (χ3n) is 4.61. The average molecular weight is 391 g/mol. The molecule has 1 saturated carbocycles. The smallest absolute Gasteiger partial charge is 0.251 e. The number of nitrogens with one attached hydrogen (secondary N) is 2. The first-order chi connectivity index (χ1) is 12.5. The Kier molecular flexibility index (Phi) is 6.17. The number of carbonyl (C=O) groups excluding carboxylic acids is 2. The average Bonchev–Trinajstić information content (AvgIpc) is 2.64. The lowest BCUT2D eigenvalue weighted by molar-refractivity contribution is 0.0892. The number of halogens is 2. The molecule has 1 aliphatic rings. The van der Waals surface area contributed by atoms with Gasteiger partial charge in [-0.1, -0.05) is 23.2 Å². The summed E-state index contributed by atoms with van der Waals surface area (Å²) >= 11 is 11.7. The van der Waals surface area contributed by atoms with E-state index in [1.807, 2.05) is 0 Å². The molecule has 0 bridgehead atoms. The second kappa shape index (κ2) is 8.56. The summed E-state index contributed by atoms with van der Waals surface area (Å²) in [4.78, 5) is 24.5. The van der Waals surface area contributed by atoms with Crippen molar-refractivity contribution in [2.75, 3.05) is 0 Å². The third kappa shape index (κ3) is 4.99. The van der Waals surface area contributed by atoms with Gasteiger partial charge in [0.05, 0.1) is 0 Å². The molecule has 0 heterocycles. The monoisotopic (exact) mass is 390 g/mol. The Balaban J connectivity index is 1.46. The first kappa shape index (κ1) is 18.7. The van der Waals surface area contributed by atoms with Crippen LogP contribution in [0.5, 0.6) is 0 Å². The van der Waals surface area contributed by atoms with Crippen molar-refractivity contribution >= 4 is 35.0 Å². The molecule has 2 aromatic carbocycles. The minimum absolute atomic E-state index is 0.0877. The standard InChI is InChI=1S/C20H20Cl2N2O2/c21-15-5-1-13(2-6-15)19(25)23-17-9-11-18(12-10-17)24-20(26)14-3-7-16(22)8-4-14/h1-8,17-18H,9-12H2,(H,23,25)(H,24,26). The minimum atomic E-state index is -0.0877. The van der Waals surface area contributed by atoms with Gasteiger partial charge in [-0.2, -0.15) is 0 Å². The van der Waals surface area contributed by atoms with E-state index in [0.717, 1.165) is 25.7 Å². The number of amides is 2. The van der Waals surface area contributed by atoms with Crippen LogP contribution in [0.3, 0.4) is 0 Å². The molecule has 0 saturated heterocycles. The van der Waals surface area contributed by atoms with Crippen LogP contribution in [-0.2, 0) is 0 Å². The van der Waals surface area contributed by atoms with Gasteiger partial charge in [-0.15, -0.1) is 0 Å². The Morgan fingerprint density at radius 1 is 0.654 bits per heavy atom. The second-order valence-corrected chi connectivity index (χ2v) is 7.38. The van der Waals surface area contributed by atoms with E-state index in [1.54, 1.807) is 48.5 Å². The zero-order chi connectivity index (χ0) is 18.5. The number of carbonyl (C=O) groups is 2. The lowest BCUT2D eigenvalue weighted by Crippen LogP contribution is -2.43. The van der Waals surface area contributed by atoms with Crippen LogP contribution in [0.4, 0.5) is 0 Å². The van der Waals surface area contributed by atoms with Crippen LogP contribution >= 0.6 is 23.2 Å². The molecule has 2 amide bonds. The van der Waals surface area contributed by atoms with Gasteiger partial charge in [-0.3, -0.25) is 9.59 Å². The molecule has 1 aliphatic carbocycles. The van der Waals surface area contributed by atoms with E-state index in [1.165, 1.54) is 0 Å². The van der Waals surface area contributed by atoms with Crippen molar-refractivity contribution in [1.29, 1.82) is 0 Å². The first-order valence-corrected chi connectivity index (χ1v) is 9.40. The highest BCUT2D eigenvalue weighted by Crippen LogP contribution is 2.20. The quantitative estimate of drug-likeness (QED) is 0.808. The highest BCUT2D eigenvalue weighted by atomic mass is 35.5. The van der Waals surface area contributed by atoms with Crippen LogP contribution in [0.1, 0.15) is 46.4 Å². The summed E-state index contributed by atoms with van der Waals surface area (Å²) in [6, 6.07) is 14.0. The van der Waals surface area contributed by atoms with Crippen LogP contribution in [0.2, 0.25) is 10.0 Å². The Morgan fingerprint density at radius 2 is 0.962 bits per heavy atom. The molecule has 6 heteroatoms. The van der Waals surface area contributed by atoms with E-state index in [-0.39, 0.29) is 23.9 Å². The van der Waals surface area contributed by atoms with Crippen LogP contribution in [0.15, 0.2) is 48.5 Å². The van der Waals surface area contributed by atoms with Gasteiger partial charge < -0.3 is 10.6 Å². The van der Waals surface area contributed by atoms with Crippen LogP contribution in [0.25, 0.3) is 0 Å². The van der Waals surface area contributed by atoms with Crippen molar-refractivity contribution in [3.8, 4) is 0 Å². The van der Waals surface area contributed by atoms with Gasteiger partial charge in [-0.25, -0.2) is 0 Å². The van der Waals surface area contributed by atoms with Gasteiger partial charge in [0, 0.05) is 33.3 Å². The van der Waals surface area contributed by atoms with E-state index in [9.17, 15) is 9.59 Å². The normalized spacial score (nSPS) is 19.6. The highest BCUT2D eigenvalue weighted by Gasteiger charge is 2.24. The minimum Gasteiger partial charge on any atom is -0.349 e. The van der Waals surface area contributed by atoms with Gasteiger partial charge in [0.25, 0.3) is 11.8 Å². The predicted octanol–water partition coefficient (Wildman–Crippen LogP) is 4.46. The fraction of sp³-hybridized carbons (Fsp3) is 0.300. The fourth-order valence-corrected chi connectivity index (χ4v) is 3.37. The summed E-state index contributed by atoms with van der Waals surface area (Å²) in [6.45, 7) is 0. The Labute approximate surface area is 162 Å². The zero-order valence-electron chi connectivity index (χ0n) is 14.2. The molecule has 0 radical (unpaired) electrons. The first-order valence-electron chi connectivity index (χ1n) is 8.64. The SMILES string of the molecule is O=C(NC1CCC(NC(=O)c2ccc(Cl)cc2)CC1)c1ccc(Cl)cc1. The van der Waals surface area contributed by atoms with Crippen molar-refractivity contribution in [3.63, 3.8) is 0 Å². The topological polar surface area (TPSA) is 58.2 Å². The van der Waals surface area contributed by atoms with E-state index in [2.05, 4.69) is 10.6 Å². The molecule has 0 atom stereocenters. The molecule has 3 rings (SSSR count). The van der Waals surface area contributed by atoms with Crippen LogP contribution in [-0.4, -0.2) is 23.9 Å². The summed E-state index contributed by atoms with van der Waals surface area (Å²) in [6.07, 6.45) is 3.35. The summed E-state index contributed by atoms with van der Waals surface area (Å²) in [5.41, 5.74) is 1.21. The maximum Gasteiger partial charge on any atom is 0.251 e. The Bertz CT molecular complexity index is 700. The van der Waals surface area contributed by atoms with E-state index in [4.69, 9.17) is 23.2 Å². The van der Waals surface area contributed by atoms with Crippen molar-refractivity contribution in [3.05, 3.63) is 69.7 Å². The van der Waals surface area contributed by atoms with Gasteiger partial charge in [-0.05, 0) is 74.2 Å². The molecule has 136 valence electrons. The molecule has 1 fully saturated rings. The highest BCUT2D eigenvalue weighted by molar-refractivity contribution is 6.31. The summed E-state index contributed by atoms with van der Waals surface area (Å²) in [7, 11) is 0. The second-order valence-electron chi connectivity index (χ2n) is 6.51. The van der Waals surface area contributed by atoms with E-state index < -0.39 is 0 Å². The maximum absolute atomic E-state index is 12.3. The van der Waals surface area contributed by atoms with Gasteiger partial charge in [0.15, 0.2) is 0 Å². The summed E-state index contributed by atoms with van der Waals surface area (Å²) in [5.74, 6) is -0.175. The maximum atomic E-state index is 12.3. The molecule has 4 nitrogen and oxygen atoms in total. The number of hydrogen-bond donors (Lipinski definition) is 2. The lowest BCUT2D eigenvalue weighted by atomic mass is 9.90. The summed E-state index contributed by atoms with van der Waals surface area (Å²) < 4.78 is 0. The molecular weight excluding hydrogens is 371 g/mol. The molecule has 0 aromatic heterocycles. The summed E-state index contributed by atoms with van der Waals surface area (Å²) in [5, 5.41) is 7.33. The van der Waals surface area contributed by atoms with Crippen LogP contribution < -0.4 is 10.6 Å². The molecule has 0 spiro atoms. The van der Waals surface area contributed by atoms with Crippen molar-refractivity contribution in [1.82, 2.24) is 10.6 Å². The van der Waals surface area contributed by atoms with Gasteiger partial charge in [0.2, 0.25) is 0 Å². The molecule has 0 unspecified atom stereocenters. The lowest BCUT2D eigenvalue weighted by Gasteiger charge is -2.29. The van der Waals surface area contributed by atoms with Crippen molar-refractivity contribution < 1.29 is 9.59 Å². The molecule has 26 heavy (non-hydrogen) atoms. The van der Waals surface area contributed by atoms with Crippen molar-refractivity contribution in [2.24, 2.45) is 0 Å². The van der Waals surface area contributed by atoms with Gasteiger partial charge >= 0.3 is 0 Å². The number of benzene rings is 2. The Morgan fingerprint density at radius 3 is 1.27 bits per heavy atom. The number of rotatable bonds is 4. The van der Waals surface area contributed by atoms with Crippen molar-refractivity contribution in [2.45, 2.75) is 37.8 Å². The zero-order valence-corrected chi connectivity index (χ0v) is 15.7. The fourth-order valence-electron chi connectivity index (χ4n) is 3.12. The largest absolute Gasteiger partial charge is 0.349 e. The molecule has 0 aliphatic heterocycles. The van der Waals surface area contributed by atoms with E-state index >= 15 is 0 Å². The Hall–Kier alpha value is -2.04. The molecule has 2 N–H and O–H groups in total. The third-order valence-corrected chi connectivity index (χ3v) is 5.11. The molecule has 2 aromatic rings. The molecular formula is C20H20Cl2N2O2. The van der Waals surface area contributed by atoms with Gasteiger partial charge in [0.1, 0.15) is 0 Å². The predicted molar refractivity (Wildman–Crippen MR) is 104 cm³/mol. The van der Waals surface area contributed by atoms with Crippen LogP contribution in [0, 0.1) is 0 Å². The number of hydrogen-bond acceptors (Lipinski definition) is 2. The van der Waals surface area contributed by atoms with E-state index in [0.29, 0.717) is 21.2 Å².